The number of halogens is 1. The van der Waals surface area contributed by atoms with Gasteiger partial charge in [0.25, 0.3) is 0 Å². The summed E-state index contributed by atoms with van der Waals surface area (Å²) in [5.41, 5.74) is 15.0. The fourth-order valence-electron chi connectivity index (χ4n) is 12.4. The van der Waals surface area contributed by atoms with E-state index < -0.39 is 65.5 Å². The molecule has 6 saturated carbocycles. The van der Waals surface area contributed by atoms with E-state index in [4.69, 9.17) is 27.8 Å². The molecule has 7 aromatic rings. The molecule has 0 spiro atoms. The Bertz CT molecular complexity index is 3370. The Kier molecular flexibility index (Phi) is 12.0. The highest BCUT2D eigenvalue weighted by atomic mass is 35.5. The summed E-state index contributed by atoms with van der Waals surface area (Å²) in [5, 5.41) is 68.4. The first-order chi connectivity index (χ1) is 35.4. The molecule has 15 atom stereocenters. The van der Waals surface area contributed by atoms with Gasteiger partial charge in [0, 0.05) is 25.4 Å². The average molecular weight is 1040 g/mol. The Morgan fingerprint density at radius 1 is 0.716 bits per heavy atom. The average Bonchev–Trinajstić information content (AvgIpc) is 4.32. The Morgan fingerprint density at radius 2 is 1.26 bits per heavy atom. The first-order valence-corrected chi connectivity index (χ1v) is 24.8. The van der Waals surface area contributed by atoms with Crippen molar-refractivity contribution in [1.82, 2.24) is 63.9 Å². The lowest BCUT2D eigenvalue weighted by atomic mass is 9.98. The van der Waals surface area contributed by atoms with Gasteiger partial charge in [0.15, 0.2) is 39.9 Å². The molecule has 13 rings (SSSR count). The molecule has 12 N–H and O–H groups in total. The molecule has 25 nitrogen and oxygen atoms in total. The van der Waals surface area contributed by atoms with Gasteiger partial charge in [0.05, 0.1) is 67.4 Å². The lowest BCUT2D eigenvalue weighted by Gasteiger charge is -2.23. The highest BCUT2D eigenvalue weighted by Gasteiger charge is 2.77. The summed E-state index contributed by atoms with van der Waals surface area (Å²) in [6.07, 6.45) is 0.652. The molecule has 1 unspecified atom stereocenters. The van der Waals surface area contributed by atoms with E-state index in [1.54, 1.807) is 42.6 Å². The predicted molar refractivity (Wildman–Crippen MR) is 264 cm³/mol. The first-order valence-electron chi connectivity index (χ1n) is 24.5. The number of amides is 1. The van der Waals surface area contributed by atoms with Crippen LogP contribution in [0.15, 0.2) is 43.2 Å². The molecule has 6 fully saturated rings. The number of carbonyl (C=O) groups is 2. The normalized spacial score (nSPS) is 32.7. The van der Waals surface area contributed by atoms with Crippen molar-refractivity contribution in [3.8, 4) is 0 Å². The Hall–Kier alpha value is -6.74. The molecule has 6 aromatic heterocycles. The summed E-state index contributed by atoms with van der Waals surface area (Å²) in [6, 6.07) is 6.90. The number of anilines is 3. The van der Waals surface area contributed by atoms with Crippen LogP contribution in [0.4, 0.5) is 17.5 Å². The van der Waals surface area contributed by atoms with Crippen LogP contribution in [0.3, 0.4) is 0 Å². The fourth-order valence-corrected chi connectivity index (χ4v) is 12.6. The fraction of sp³-hybridized carbons (Fsp3) is 0.521. The van der Waals surface area contributed by atoms with Crippen molar-refractivity contribution in [2.75, 3.05) is 30.4 Å². The maximum atomic E-state index is 12.4. The lowest BCUT2D eigenvalue weighted by Crippen LogP contribution is -2.41. The second-order valence-electron chi connectivity index (χ2n) is 20.4. The number of aliphatic hydroxyl groups is 6. The number of aryl methyl sites for hydroxylation is 3. The van der Waals surface area contributed by atoms with E-state index in [9.17, 15) is 40.2 Å². The minimum atomic E-state index is -1.18. The summed E-state index contributed by atoms with van der Waals surface area (Å²) in [6.45, 7) is 8.00. The number of nitrogens with one attached hydrogen (secondary N) is 2. The molecule has 74 heavy (non-hydrogen) atoms. The molecule has 0 saturated heterocycles. The zero-order valence-corrected chi connectivity index (χ0v) is 41.6. The highest BCUT2D eigenvalue weighted by Crippen LogP contribution is 2.69. The van der Waals surface area contributed by atoms with Gasteiger partial charge in [0.1, 0.15) is 46.4 Å². The summed E-state index contributed by atoms with van der Waals surface area (Å²) < 4.78 is 10.3. The van der Waals surface area contributed by atoms with Gasteiger partial charge in [-0.05, 0) is 76.0 Å². The highest BCUT2D eigenvalue weighted by molar-refractivity contribution is 6.28. The summed E-state index contributed by atoms with van der Waals surface area (Å²) in [7, 11) is 1.53. The minimum Gasteiger partial charge on any atom is -0.465 e. The van der Waals surface area contributed by atoms with Gasteiger partial charge >= 0.3 is 5.97 Å². The number of carbonyl (C=O) groups excluding carboxylic acids is 2. The third-order valence-electron chi connectivity index (χ3n) is 16.1. The van der Waals surface area contributed by atoms with Crippen LogP contribution in [0.25, 0.3) is 33.5 Å². The molecule has 26 heteroatoms. The number of nitrogens with two attached hydrogens (primary N) is 2. The van der Waals surface area contributed by atoms with Crippen LogP contribution in [0.2, 0.25) is 5.28 Å². The maximum Gasteiger partial charge on any atom is 0.315 e. The lowest BCUT2D eigenvalue weighted by molar-refractivity contribution is -0.156. The van der Waals surface area contributed by atoms with Gasteiger partial charge in [-0.3, -0.25) is 9.59 Å². The molecule has 6 aliphatic rings. The topological polar surface area (TPSA) is 372 Å². The number of benzene rings is 1. The molecule has 1 aromatic carbocycles. The quantitative estimate of drug-likeness (QED) is 0.0700. The van der Waals surface area contributed by atoms with Crippen LogP contribution < -0.4 is 22.1 Å². The summed E-state index contributed by atoms with van der Waals surface area (Å²) in [5.74, 6) is 1.51. The number of rotatable bonds is 9. The van der Waals surface area contributed by atoms with Crippen LogP contribution in [0.1, 0.15) is 67.1 Å². The summed E-state index contributed by atoms with van der Waals surface area (Å²) >= 11 is 6.20. The molecule has 0 radical (unpaired) electrons. The first kappa shape index (κ1) is 49.5. The van der Waals surface area contributed by atoms with E-state index in [2.05, 4.69) is 61.6 Å². The number of nitrogen functional groups attached to an aromatic ring is 2. The van der Waals surface area contributed by atoms with Gasteiger partial charge in [-0.15, -0.1) is 0 Å². The van der Waals surface area contributed by atoms with Crippen LogP contribution in [0.5, 0.6) is 0 Å². The van der Waals surface area contributed by atoms with E-state index in [-0.39, 0.29) is 47.4 Å². The molecule has 0 aliphatic heterocycles. The molecule has 0 bridgehead atoms. The SMILES string of the molecule is CCOC(=O)[C@@]12C[C@@H]1[C@@H](n1cnc3c(N)nc(C)nc31)[C@H](O)[C@@H]2O.CNC(=O)[C@@]12C[C@@H]1[C@@H](n1cnc3c(NCc4cccc(C)c4)nc(Cl)nc31)[C@H](O)[C@@H]2O.Cc1nc(N)c2ncn([C@@H]3[C@H]4C[C@H]4C(O)[C@@H]3O)c2n1. The van der Waals surface area contributed by atoms with Gasteiger partial charge in [0.2, 0.25) is 11.2 Å². The zero-order valence-electron chi connectivity index (χ0n) is 40.9. The van der Waals surface area contributed by atoms with Gasteiger partial charge in [-0.2, -0.15) is 9.97 Å². The Morgan fingerprint density at radius 3 is 1.81 bits per heavy atom. The number of hydrogen-bond acceptors (Lipinski definition) is 21. The minimum absolute atomic E-state index is 0.0439. The molecular weight excluding hydrogens is 980 g/mol. The second kappa shape index (κ2) is 18.0. The number of aromatic nitrogens is 12. The number of hydrogen-bond donors (Lipinski definition) is 10. The standard InChI is InChI=1S/C21H23ClN6O3.C15H19N5O4.C12H15N5O2/c1-10-4-3-5-11(6-10)8-24-17-13-18(27-20(22)26-17)28(9-25-13)14-12-7-21(12,19(31)23-2)16(30)15(14)29;1-3-24-14(23)15-4-7(15)9(10(21)11(15)22)20-5-17-8-12(16)18-6(2)19-13(8)20;1-4-15-11(13)7-12(16-4)17(3-14-7)8-5-2-6(5)9(18)10(8)19/h3-6,9,12,14-16,29-30H,7-8H2,1-2H3,(H,23,31)(H,24,26,27);5,7,9-11,21-22H,3-4H2,1-2H3,(H2,16,18,19);3,5-6,8-10,18-19H,2H2,1H3,(H2,13,15,16)/t12-,14-,15+,16+,21+;7-,9-,10+,11+,15+;5-,6+,8+,9?,10+/m110/s1. The maximum absolute atomic E-state index is 12.4. The van der Waals surface area contributed by atoms with Crippen molar-refractivity contribution in [2.24, 2.45) is 34.5 Å². The number of fused-ring (bicyclic) bond motifs is 6. The third kappa shape index (κ3) is 7.60. The largest absolute Gasteiger partial charge is 0.465 e. The van der Waals surface area contributed by atoms with Crippen LogP contribution in [0, 0.1) is 55.3 Å². The van der Waals surface area contributed by atoms with Crippen molar-refractivity contribution in [2.45, 2.75) is 108 Å². The van der Waals surface area contributed by atoms with Gasteiger partial charge < -0.3 is 71.2 Å². The number of nitrogens with zero attached hydrogens (tertiary/aromatic N) is 12. The number of ether oxygens (including phenoxy) is 1. The van der Waals surface area contributed by atoms with Crippen molar-refractivity contribution < 1.29 is 45.0 Å². The Labute approximate surface area is 426 Å². The van der Waals surface area contributed by atoms with Crippen LogP contribution >= 0.6 is 11.6 Å². The molecule has 6 heterocycles. The van der Waals surface area contributed by atoms with Crippen molar-refractivity contribution in [3.05, 3.63) is 71.3 Å². The van der Waals surface area contributed by atoms with E-state index in [0.29, 0.717) is 82.1 Å². The van der Waals surface area contributed by atoms with Crippen LogP contribution in [-0.4, -0.2) is 151 Å². The molecule has 6 aliphatic carbocycles. The van der Waals surface area contributed by atoms with Crippen molar-refractivity contribution in [1.29, 1.82) is 0 Å². The van der Waals surface area contributed by atoms with E-state index in [0.717, 1.165) is 17.5 Å². The van der Waals surface area contributed by atoms with Crippen molar-refractivity contribution >= 4 is 74.4 Å². The monoisotopic (exact) mass is 1040 g/mol. The van der Waals surface area contributed by atoms with E-state index in [1.807, 2.05) is 29.7 Å². The van der Waals surface area contributed by atoms with Gasteiger partial charge in [-0.1, -0.05) is 29.8 Å². The van der Waals surface area contributed by atoms with Crippen molar-refractivity contribution in [3.63, 3.8) is 0 Å². The second-order valence-corrected chi connectivity index (χ2v) is 20.7. The van der Waals surface area contributed by atoms with Crippen LogP contribution in [-0.2, 0) is 20.9 Å². The third-order valence-corrected chi connectivity index (χ3v) is 16.3. The van der Waals surface area contributed by atoms with E-state index >= 15 is 0 Å². The number of esters is 1. The smallest absolute Gasteiger partial charge is 0.315 e. The number of imidazole rings is 3. The Balaban J connectivity index is 0.000000123. The van der Waals surface area contributed by atoms with Gasteiger partial charge in [-0.25, -0.2) is 34.9 Å². The van der Waals surface area contributed by atoms with E-state index in [1.165, 1.54) is 13.4 Å². The zero-order chi connectivity index (χ0) is 52.4. The molecule has 1 amide bonds. The predicted octanol–water partition coefficient (Wildman–Crippen LogP) is 0.621. The number of aliphatic hydroxyl groups excluding tert-OH is 6. The summed E-state index contributed by atoms with van der Waals surface area (Å²) in [4.78, 5) is 63.1. The molecular formula is C48H57ClN16O9. The molecule has 390 valence electrons.